The Labute approximate surface area is 80.3 Å². The lowest BCUT2D eigenvalue weighted by molar-refractivity contribution is -0.124. The zero-order chi connectivity index (χ0) is 9.42. The minimum absolute atomic E-state index is 0.493. The Morgan fingerprint density at radius 1 is 1.38 bits per heavy atom. The summed E-state index contributed by atoms with van der Waals surface area (Å²) in [6.07, 6.45) is 5.35. The van der Waals surface area contributed by atoms with Crippen molar-refractivity contribution in [3.63, 3.8) is 0 Å². The summed E-state index contributed by atoms with van der Waals surface area (Å²) in [5.74, 6) is 0.493. The maximum absolute atomic E-state index is 11.4. The summed E-state index contributed by atoms with van der Waals surface area (Å²) in [6.45, 7) is 4.53. The van der Waals surface area contributed by atoms with Crippen molar-refractivity contribution in [3.8, 4) is 0 Å². The molecule has 2 aliphatic rings. The van der Waals surface area contributed by atoms with E-state index in [2.05, 4.69) is 18.7 Å². The first-order chi connectivity index (χ1) is 6.22. The summed E-state index contributed by atoms with van der Waals surface area (Å²) in [5, 5.41) is 0. The van der Waals surface area contributed by atoms with Crippen LogP contribution in [0.2, 0.25) is 0 Å². The predicted octanol–water partition coefficient (Wildman–Crippen LogP) is 1.98. The van der Waals surface area contributed by atoms with E-state index in [0.29, 0.717) is 23.9 Å². The van der Waals surface area contributed by atoms with Gasteiger partial charge >= 0.3 is 0 Å². The monoisotopic (exact) mass is 181 g/mol. The van der Waals surface area contributed by atoms with Gasteiger partial charge in [0, 0.05) is 31.0 Å². The van der Waals surface area contributed by atoms with E-state index < -0.39 is 0 Å². The molecule has 0 aromatic carbocycles. The van der Waals surface area contributed by atoms with Crippen molar-refractivity contribution in [2.24, 2.45) is 0 Å². The van der Waals surface area contributed by atoms with Crippen LogP contribution >= 0.6 is 0 Å². The molecule has 0 aliphatic carbocycles. The highest BCUT2D eigenvalue weighted by atomic mass is 16.1. The summed E-state index contributed by atoms with van der Waals surface area (Å²) in [6, 6.07) is 1.84. The Morgan fingerprint density at radius 2 is 1.92 bits per heavy atom. The van der Waals surface area contributed by atoms with E-state index in [0.717, 1.165) is 12.8 Å². The Hall–Kier alpha value is -0.370. The van der Waals surface area contributed by atoms with Gasteiger partial charge in [0.15, 0.2) is 0 Å². The van der Waals surface area contributed by atoms with Crippen LogP contribution in [0.3, 0.4) is 0 Å². The highest BCUT2D eigenvalue weighted by Crippen LogP contribution is 2.35. The van der Waals surface area contributed by atoms with Gasteiger partial charge < -0.3 is 0 Å². The molecule has 2 fully saturated rings. The zero-order valence-electron chi connectivity index (χ0n) is 8.62. The molecule has 2 saturated heterocycles. The van der Waals surface area contributed by atoms with Crippen LogP contribution in [-0.4, -0.2) is 28.8 Å². The van der Waals surface area contributed by atoms with Gasteiger partial charge in [-0.15, -0.1) is 0 Å². The van der Waals surface area contributed by atoms with Gasteiger partial charge in [0.1, 0.15) is 5.78 Å². The highest BCUT2D eigenvalue weighted by molar-refractivity contribution is 5.81. The van der Waals surface area contributed by atoms with Crippen LogP contribution in [0.15, 0.2) is 0 Å². The van der Waals surface area contributed by atoms with Gasteiger partial charge in [-0.3, -0.25) is 9.69 Å². The minimum atomic E-state index is 0.493. The Bertz CT molecular complexity index is 198. The number of Topliss-reactive ketones (excluding diaryl/α,β-unsaturated/α-hetero) is 1. The van der Waals surface area contributed by atoms with Crippen LogP contribution in [0.5, 0.6) is 0 Å². The third-order valence-electron chi connectivity index (χ3n) is 3.70. The number of carbonyl (C=O) groups excluding carboxylic acids is 1. The van der Waals surface area contributed by atoms with Crippen molar-refractivity contribution in [1.29, 1.82) is 0 Å². The second-order valence-electron chi connectivity index (χ2n) is 4.54. The molecule has 3 unspecified atom stereocenters. The van der Waals surface area contributed by atoms with Crippen LogP contribution in [0.25, 0.3) is 0 Å². The van der Waals surface area contributed by atoms with Gasteiger partial charge in [0.05, 0.1) is 0 Å². The summed E-state index contributed by atoms with van der Waals surface area (Å²) in [7, 11) is 0. The maximum atomic E-state index is 11.4. The SMILES string of the molecule is CCC(C)N1C2CCC1CC(=O)C2. The number of fused-ring (bicyclic) bond motifs is 2. The molecular weight excluding hydrogens is 162 g/mol. The Kier molecular flexibility index (Phi) is 2.41. The number of rotatable bonds is 2. The lowest BCUT2D eigenvalue weighted by Crippen LogP contribution is -2.47. The van der Waals surface area contributed by atoms with Crippen LogP contribution < -0.4 is 0 Å². The number of hydrogen-bond acceptors (Lipinski definition) is 2. The first-order valence-corrected chi connectivity index (χ1v) is 5.51. The van der Waals surface area contributed by atoms with E-state index in [9.17, 15) is 4.79 Å². The molecule has 13 heavy (non-hydrogen) atoms. The molecule has 0 aromatic heterocycles. The molecular formula is C11H19NO. The van der Waals surface area contributed by atoms with Crippen molar-refractivity contribution < 1.29 is 4.79 Å². The number of hydrogen-bond donors (Lipinski definition) is 0. The normalized spacial score (nSPS) is 36.6. The molecule has 3 atom stereocenters. The molecule has 0 radical (unpaired) electrons. The lowest BCUT2D eigenvalue weighted by atomic mass is 9.99. The fourth-order valence-electron chi connectivity index (χ4n) is 2.94. The first-order valence-electron chi connectivity index (χ1n) is 5.51. The molecule has 2 aliphatic heterocycles. The van der Waals surface area contributed by atoms with E-state index in [-0.39, 0.29) is 0 Å². The topological polar surface area (TPSA) is 20.3 Å². The Morgan fingerprint density at radius 3 is 2.38 bits per heavy atom. The smallest absolute Gasteiger partial charge is 0.136 e. The van der Waals surface area contributed by atoms with Crippen LogP contribution in [-0.2, 0) is 4.79 Å². The molecule has 74 valence electrons. The standard InChI is InChI=1S/C11H19NO/c1-3-8(2)12-9-4-5-10(12)7-11(13)6-9/h8-10H,3-7H2,1-2H3. The van der Waals surface area contributed by atoms with E-state index in [1.807, 2.05) is 0 Å². The molecule has 0 saturated carbocycles. The molecule has 2 nitrogen and oxygen atoms in total. The second-order valence-corrected chi connectivity index (χ2v) is 4.54. The van der Waals surface area contributed by atoms with Gasteiger partial charge in [-0.1, -0.05) is 6.92 Å². The van der Waals surface area contributed by atoms with Crippen molar-refractivity contribution in [3.05, 3.63) is 0 Å². The van der Waals surface area contributed by atoms with Gasteiger partial charge in [-0.05, 0) is 26.2 Å². The lowest BCUT2D eigenvalue weighted by Gasteiger charge is -2.38. The maximum Gasteiger partial charge on any atom is 0.136 e. The third-order valence-corrected chi connectivity index (χ3v) is 3.70. The predicted molar refractivity (Wildman–Crippen MR) is 52.6 cm³/mol. The molecule has 0 spiro atoms. The van der Waals surface area contributed by atoms with Crippen molar-refractivity contribution >= 4 is 5.78 Å². The van der Waals surface area contributed by atoms with Crippen molar-refractivity contribution in [2.45, 2.75) is 64.1 Å². The molecule has 0 N–H and O–H groups in total. The number of nitrogens with zero attached hydrogens (tertiary/aromatic N) is 1. The summed E-state index contributed by atoms with van der Waals surface area (Å²) >= 11 is 0. The van der Waals surface area contributed by atoms with Gasteiger partial charge in [0.2, 0.25) is 0 Å². The van der Waals surface area contributed by atoms with E-state index in [4.69, 9.17) is 0 Å². The third kappa shape index (κ3) is 1.52. The van der Waals surface area contributed by atoms with Gasteiger partial charge in [0.25, 0.3) is 0 Å². The second kappa shape index (κ2) is 3.41. The van der Waals surface area contributed by atoms with Gasteiger partial charge in [-0.2, -0.15) is 0 Å². The minimum Gasteiger partial charge on any atom is -0.300 e. The molecule has 2 rings (SSSR count). The van der Waals surface area contributed by atoms with E-state index in [1.165, 1.54) is 19.3 Å². The van der Waals surface area contributed by atoms with Crippen LogP contribution in [0.4, 0.5) is 0 Å². The molecule has 2 heteroatoms. The Balaban J connectivity index is 2.10. The first kappa shape index (κ1) is 9.20. The van der Waals surface area contributed by atoms with Crippen molar-refractivity contribution in [2.75, 3.05) is 0 Å². The fourth-order valence-corrected chi connectivity index (χ4v) is 2.94. The number of carbonyl (C=O) groups is 1. The highest BCUT2D eigenvalue weighted by Gasteiger charge is 2.41. The largest absolute Gasteiger partial charge is 0.300 e. The molecule has 0 aromatic rings. The molecule has 2 heterocycles. The molecule has 2 bridgehead atoms. The summed E-state index contributed by atoms with van der Waals surface area (Å²) in [4.78, 5) is 14.0. The van der Waals surface area contributed by atoms with Crippen molar-refractivity contribution in [1.82, 2.24) is 4.90 Å². The van der Waals surface area contributed by atoms with E-state index >= 15 is 0 Å². The average molecular weight is 181 g/mol. The van der Waals surface area contributed by atoms with Crippen LogP contribution in [0, 0.1) is 0 Å². The molecule has 0 amide bonds. The fraction of sp³-hybridized carbons (Fsp3) is 0.909. The number of ketones is 1. The van der Waals surface area contributed by atoms with E-state index in [1.54, 1.807) is 0 Å². The van der Waals surface area contributed by atoms with Gasteiger partial charge in [-0.25, -0.2) is 0 Å². The van der Waals surface area contributed by atoms with Crippen LogP contribution in [0.1, 0.15) is 46.0 Å². The number of piperidine rings is 1. The average Bonchev–Trinajstić information content (AvgIpc) is 2.37. The quantitative estimate of drug-likeness (QED) is 0.649. The zero-order valence-corrected chi connectivity index (χ0v) is 8.62. The summed E-state index contributed by atoms with van der Waals surface area (Å²) in [5.41, 5.74) is 0. The summed E-state index contributed by atoms with van der Waals surface area (Å²) < 4.78 is 0.